The molecule has 1 N–H and O–H groups in total. The van der Waals surface area contributed by atoms with Crippen molar-refractivity contribution in [3.05, 3.63) is 71.0 Å². The normalized spacial score (nSPS) is 20.6. The van der Waals surface area contributed by atoms with Crippen molar-refractivity contribution in [2.24, 2.45) is 0 Å². The third kappa shape index (κ3) is 3.83. The van der Waals surface area contributed by atoms with Gasteiger partial charge in [-0.1, -0.05) is 54.1 Å². The maximum Gasteiger partial charge on any atom is 0.407 e. The van der Waals surface area contributed by atoms with Crippen molar-refractivity contribution < 1.29 is 9.90 Å². The van der Waals surface area contributed by atoms with Crippen LogP contribution < -0.4 is 4.90 Å². The van der Waals surface area contributed by atoms with E-state index in [1.54, 1.807) is 4.90 Å². The van der Waals surface area contributed by atoms with Gasteiger partial charge in [0.15, 0.2) is 0 Å². The number of anilines is 1. The van der Waals surface area contributed by atoms with Gasteiger partial charge in [0.05, 0.1) is 0 Å². The number of carboxylic acid groups (broad SMARTS) is 1. The van der Waals surface area contributed by atoms with E-state index in [-0.39, 0.29) is 6.04 Å². The van der Waals surface area contributed by atoms with Crippen LogP contribution in [0.25, 0.3) is 10.8 Å². The minimum absolute atomic E-state index is 0.0699. The number of carbonyl (C=O) groups is 1. The molecule has 1 fully saturated rings. The molecule has 0 radical (unpaired) electrons. The van der Waals surface area contributed by atoms with Gasteiger partial charge in [0.1, 0.15) is 5.15 Å². The highest BCUT2D eigenvalue weighted by Crippen LogP contribution is 2.40. The van der Waals surface area contributed by atoms with Gasteiger partial charge in [-0.15, -0.1) is 0 Å². The van der Waals surface area contributed by atoms with Gasteiger partial charge < -0.3 is 14.9 Å². The van der Waals surface area contributed by atoms with E-state index in [2.05, 4.69) is 22.0 Å². The summed E-state index contributed by atoms with van der Waals surface area (Å²) in [6.45, 7) is 1.42. The van der Waals surface area contributed by atoms with Crippen molar-refractivity contribution in [1.29, 1.82) is 0 Å². The Kier molecular flexibility index (Phi) is 5.45. The Balaban J connectivity index is 1.33. The molecule has 2 aromatic carbocycles. The molecule has 1 amide bonds. The minimum atomic E-state index is -0.828. The van der Waals surface area contributed by atoms with Crippen LogP contribution in [-0.4, -0.2) is 39.7 Å². The minimum Gasteiger partial charge on any atom is -0.465 e. The number of amides is 1. The lowest BCUT2D eigenvalue weighted by molar-refractivity contribution is 0.104. The molecular formula is C25H26ClN3O2. The van der Waals surface area contributed by atoms with Gasteiger partial charge in [-0.25, -0.2) is 9.78 Å². The van der Waals surface area contributed by atoms with Crippen molar-refractivity contribution in [2.75, 3.05) is 11.4 Å². The zero-order valence-corrected chi connectivity index (χ0v) is 18.1. The Morgan fingerprint density at radius 3 is 2.61 bits per heavy atom. The number of halogens is 1. The quantitative estimate of drug-likeness (QED) is 0.531. The van der Waals surface area contributed by atoms with Gasteiger partial charge in [-0.2, -0.15) is 0 Å². The average Bonchev–Trinajstić information content (AvgIpc) is 2.81. The first kappa shape index (κ1) is 20.1. The predicted molar refractivity (Wildman–Crippen MR) is 124 cm³/mol. The van der Waals surface area contributed by atoms with E-state index in [0.717, 1.165) is 49.6 Å². The molecule has 1 aliphatic heterocycles. The molecule has 1 aromatic heterocycles. The summed E-state index contributed by atoms with van der Waals surface area (Å²) in [7, 11) is 0. The largest absolute Gasteiger partial charge is 0.465 e. The third-order valence-electron chi connectivity index (χ3n) is 6.84. The van der Waals surface area contributed by atoms with Crippen LogP contribution in [0.5, 0.6) is 0 Å². The molecule has 0 bridgehead atoms. The average molecular weight is 436 g/mol. The van der Waals surface area contributed by atoms with Gasteiger partial charge >= 0.3 is 6.09 Å². The highest BCUT2D eigenvalue weighted by atomic mass is 35.5. The summed E-state index contributed by atoms with van der Waals surface area (Å²) in [6, 6.07) is 16.7. The van der Waals surface area contributed by atoms with E-state index in [1.165, 1.54) is 16.6 Å². The molecule has 5 rings (SSSR count). The van der Waals surface area contributed by atoms with Crippen LogP contribution in [-0.2, 0) is 13.0 Å². The van der Waals surface area contributed by atoms with Crippen LogP contribution in [0.1, 0.15) is 36.8 Å². The Morgan fingerprint density at radius 2 is 1.87 bits per heavy atom. The Morgan fingerprint density at radius 1 is 1.10 bits per heavy atom. The maximum absolute atomic E-state index is 12.0. The van der Waals surface area contributed by atoms with Crippen LogP contribution in [0.2, 0.25) is 5.15 Å². The molecule has 2 aliphatic rings. The number of rotatable bonds is 4. The topological polar surface area (TPSA) is 56.7 Å². The van der Waals surface area contributed by atoms with E-state index in [0.29, 0.717) is 17.7 Å². The first-order valence-corrected chi connectivity index (χ1v) is 11.4. The van der Waals surface area contributed by atoms with Gasteiger partial charge in [0, 0.05) is 47.8 Å². The lowest BCUT2D eigenvalue weighted by Crippen LogP contribution is -2.46. The predicted octanol–water partition coefficient (Wildman–Crippen LogP) is 5.74. The third-order valence-corrected chi connectivity index (χ3v) is 7.14. The van der Waals surface area contributed by atoms with E-state index >= 15 is 0 Å². The summed E-state index contributed by atoms with van der Waals surface area (Å²) in [6.07, 6.45) is 5.82. The van der Waals surface area contributed by atoms with Gasteiger partial charge in [-0.3, -0.25) is 0 Å². The number of benzene rings is 2. The summed E-state index contributed by atoms with van der Waals surface area (Å²) >= 11 is 6.37. The molecule has 1 saturated carbocycles. The van der Waals surface area contributed by atoms with E-state index in [4.69, 9.17) is 11.6 Å². The zero-order valence-electron chi connectivity index (χ0n) is 17.4. The van der Waals surface area contributed by atoms with Crippen LogP contribution >= 0.6 is 11.6 Å². The second-order valence-electron chi connectivity index (χ2n) is 8.58. The fourth-order valence-corrected chi connectivity index (χ4v) is 5.51. The molecule has 0 unspecified atom stereocenters. The molecule has 6 heteroatoms. The van der Waals surface area contributed by atoms with Crippen molar-refractivity contribution in [3.63, 3.8) is 0 Å². The van der Waals surface area contributed by atoms with Gasteiger partial charge in [0.25, 0.3) is 0 Å². The zero-order chi connectivity index (χ0) is 21.4. The fraction of sp³-hybridized carbons (Fsp3) is 0.360. The summed E-state index contributed by atoms with van der Waals surface area (Å²) in [5.74, 6) is 0. The molecule has 160 valence electrons. The second kappa shape index (κ2) is 8.39. The Bertz CT molecular complexity index is 1100. The highest BCUT2D eigenvalue weighted by molar-refractivity contribution is 6.34. The maximum atomic E-state index is 12.0. The lowest BCUT2D eigenvalue weighted by Gasteiger charge is -2.43. The van der Waals surface area contributed by atoms with E-state index in [9.17, 15) is 9.90 Å². The molecule has 2 heterocycles. The van der Waals surface area contributed by atoms with Crippen molar-refractivity contribution in [1.82, 2.24) is 9.88 Å². The SMILES string of the molecule is O=C(O)N(Cc1ccccc1)[C@H]1CC[C@H](N2CCc3cnc(Cl)c4cccc2c34)CC1. The first-order valence-electron chi connectivity index (χ1n) is 11.0. The molecule has 0 spiro atoms. The first-order chi connectivity index (χ1) is 15.1. The Labute approximate surface area is 187 Å². The summed E-state index contributed by atoms with van der Waals surface area (Å²) < 4.78 is 0. The number of pyridine rings is 1. The summed E-state index contributed by atoms with van der Waals surface area (Å²) in [5, 5.41) is 12.6. The molecule has 31 heavy (non-hydrogen) atoms. The monoisotopic (exact) mass is 435 g/mol. The van der Waals surface area contributed by atoms with E-state index in [1.807, 2.05) is 42.6 Å². The number of hydrogen-bond donors (Lipinski definition) is 1. The molecular weight excluding hydrogens is 410 g/mol. The van der Waals surface area contributed by atoms with Gasteiger partial charge in [-0.05, 0) is 49.3 Å². The lowest BCUT2D eigenvalue weighted by atomic mass is 9.87. The smallest absolute Gasteiger partial charge is 0.407 e. The molecule has 0 atom stereocenters. The summed E-state index contributed by atoms with van der Waals surface area (Å²) in [5.41, 5.74) is 3.54. The van der Waals surface area contributed by atoms with Crippen LogP contribution in [0, 0.1) is 0 Å². The van der Waals surface area contributed by atoms with Crippen molar-refractivity contribution in [3.8, 4) is 0 Å². The molecule has 3 aromatic rings. The van der Waals surface area contributed by atoms with Gasteiger partial charge in [0.2, 0.25) is 0 Å². The Hall–Kier alpha value is -2.79. The number of aromatic nitrogens is 1. The van der Waals surface area contributed by atoms with Crippen molar-refractivity contribution in [2.45, 2.75) is 50.7 Å². The number of hydrogen-bond acceptors (Lipinski definition) is 3. The number of nitrogens with zero attached hydrogens (tertiary/aromatic N) is 3. The van der Waals surface area contributed by atoms with E-state index < -0.39 is 6.09 Å². The molecule has 0 saturated heterocycles. The standard InChI is InChI=1S/C25H26ClN3O2/c26-24-21-7-4-8-22-23(21)18(15-27-24)13-14-28(22)19-9-11-20(12-10-19)29(25(30)31)16-17-5-2-1-3-6-17/h1-8,15,19-20H,9-14,16H2,(H,30,31)/t19-,20-. The van der Waals surface area contributed by atoms with Crippen molar-refractivity contribution >= 4 is 34.2 Å². The van der Waals surface area contributed by atoms with Crippen LogP contribution in [0.3, 0.4) is 0 Å². The summed E-state index contributed by atoms with van der Waals surface area (Å²) in [4.78, 5) is 20.5. The fourth-order valence-electron chi connectivity index (χ4n) is 5.30. The highest BCUT2D eigenvalue weighted by Gasteiger charge is 2.33. The second-order valence-corrected chi connectivity index (χ2v) is 8.93. The molecule has 1 aliphatic carbocycles. The van der Waals surface area contributed by atoms with Crippen LogP contribution in [0.15, 0.2) is 54.7 Å². The molecule has 5 nitrogen and oxygen atoms in total. The van der Waals surface area contributed by atoms with Crippen LogP contribution in [0.4, 0.5) is 10.5 Å².